The smallest absolute Gasteiger partial charge is 0.410 e. The van der Waals surface area contributed by atoms with Gasteiger partial charge in [0, 0.05) is 86.4 Å². The molecule has 0 aliphatic carbocycles. The van der Waals surface area contributed by atoms with Crippen molar-refractivity contribution in [1.29, 1.82) is 0 Å². The first-order chi connectivity index (χ1) is 32.4. The van der Waals surface area contributed by atoms with Crippen LogP contribution in [0.1, 0.15) is 95.6 Å². The number of amides is 6. The zero-order valence-corrected chi connectivity index (χ0v) is 42.7. The summed E-state index contributed by atoms with van der Waals surface area (Å²) in [5.41, 5.74) is 0.596. The molecule has 4 aromatic rings. The van der Waals surface area contributed by atoms with Gasteiger partial charge in [-0.2, -0.15) is 4.98 Å². The molecule has 370 valence electrons. The summed E-state index contributed by atoms with van der Waals surface area (Å²) >= 11 is 16.1. The Labute approximate surface area is 418 Å². The van der Waals surface area contributed by atoms with Gasteiger partial charge >= 0.3 is 12.1 Å². The minimum absolute atomic E-state index is 0.104. The van der Waals surface area contributed by atoms with Crippen molar-refractivity contribution in [3.63, 3.8) is 0 Å². The molecule has 1 atom stereocenters. The van der Waals surface area contributed by atoms with Gasteiger partial charge < -0.3 is 44.9 Å². The second-order valence-electron chi connectivity index (χ2n) is 19.5. The minimum atomic E-state index is -0.711. The lowest BCUT2D eigenvalue weighted by molar-refractivity contribution is -0.136. The summed E-state index contributed by atoms with van der Waals surface area (Å²) < 4.78 is 34.0. The van der Waals surface area contributed by atoms with E-state index in [1.807, 2.05) is 59.4 Å². The minimum Gasteiger partial charge on any atom is -0.488 e. The van der Waals surface area contributed by atoms with Crippen LogP contribution in [0.3, 0.4) is 0 Å². The van der Waals surface area contributed by atoms with Gasteiger partial charge in [0.1, 0.15) is 34.3 Å². The van der Waals surface area contributed by atoms with Crippen LogP contribution in [-0.4, -0.2) is 112 Å². The molecule has 0 saturated carbocycles. The van der Waals surface area contributed by atoms with Crippen molar-refractivity contribution in [2.75, 3.05) is 54.9 Å². The number of carbonyl (C=O) groups is 5. The van der Waals surface area contributed by atoms with E-state index in [0.717, 1.165) is 11.1 Å². The Morgan fingerprint density at radius 1 is 0.942 bits per heavy atom. The summed E-state index contributed by atoms with van der Waals surface area (Å²) in [5, 5.41) is 12.2. The number of carbonyl (C=O) groups excluding carboxylic acids is 5. The monoisotopic (exact) mass is 1060 g/mol. The van der Waals surface area contributed by atoms with Gasteiger partial charge in [0.15, 0.2) is 5.82 Å². The van der Waals surface area contributed by atoms with Crippen LogP contribution in [0.15, 0.2) is 46.9 Å². The van der Waals surface area contributed by atoms with Gasteiger partial charge in [0.05, 0.1) is 21.7 Å². The summed E-state index contributed by atoms with van der Waals surface area (Å²) in [5.74, 6) is -0.515. The molecule has 4 heterocycles. The number of halogens is 4. The molecule has 6 amide bonds. The molecular formula is C48H57BrCl2FN9O8. The summed E-state index contributed by atoms with van der Waals surface area (Å²) in [6.45, 7) is 16.1. The molecule has 1 unspecified atom stereocenters. The van der Waals surface area contributed by atoms with Crippen molar-refractivity contribution in [3.05, 3.63) is 79.5 Å². The van der Waals surface area contributed by atoms with E-state index in [1.165, 1.54) is 4.90 Å². The molecule has 2 fully saturated rings. The number of imide groups is 1. The van der Waals surface area contributed by atoms with Crippen LogP contribution < -0.4 is 30.9 Å². The zero-order chi connectivity index (χ0) is 50.0. The Morgan fingerprint density at radius 3 is 2.39 bits per heavy atom. The van der Waals surface area contributed by atoms with Crippen LogP contribution in [0.25, 0.3) is 10.9 Å². The number of fused-ring (bicyclic) bond motifs is 2. The number of benzene rings is 3. The predicted octanol–water partition coefficient (Wildman–Crippen LogP) is 8.82. The van der Waals surface area contributed by atoms with E-state index in [9.17, 15) is 24.0 Å². The quantitative estimate of drug-likeness (QED) is 0.0653. The van der Waals surface area contributed by atoms with Crippen molar-refractivity contribution in [2.24, 2.45) is 0 Å². The normalized spacial score (nSPS) is 16.7. The summed E-state index contributed by atoms with van der Waals surface area (Å²) in [4.78, 5) is 77.3. The van der Waals surface area contributed by atoms with E-state index >= 15 is 4.39 Å². The number of rotatable bonds is 15. The third-order valence-corrected chi connectivity index (χ3v) is 13.3. The molecule has 1 aromatic heterocycles. The van der Waals surface area contributed by atoms with E-state index in [4.69, 9.17) is 42.4 Å². The second-order valence-corrected chi connectivity index (χ2v) is 21.1. The van der Waals surface area contributed by atoms with Crippen LogP contribution in [0.2, 0.25) is 10.0 Å². The van der Waals surface area contributed by atoms with Crippen molar-refractivity contribution in [1.82, 2.24) is 30.4 Å². The topological polar surface area (TPSA) is 197 Å². The number of urea groups is 1. The van der Waals surface area contributed by atoms with E-state index in [1.54, 1.807) is 41.3 Å². The van der Waals surface area contributed by atoms with E-state index in [0.29, 0.717) is 85.4 Å². The highest BCUT2D eigenvalue weighted by atomic mass is 79.9. The molecule has 0 bridgehead atoms. The number of hydrogen-bond acceptors (Lipinski definition) is 12. The Morgan fingerprint density at radius 2 is 1.68 bits per heavy atom. The maximum absolute atomic E-state index is 15.7. The van der Waals surface area contributed by atoms with E-state index in [2.05, 4.69) is 42.2 Å². The Kier molecular flexibility index (Phi) is 15.5. The van der Waals surface area contributed by atoms with Crippen molar-refractivity contribution < 1.29 is 42.6 Å². The lowest BCUT2D eigenvalue weighted by Crippen LogP contribution is -2.52. The van der Waals surface area contributed by atoms with Gasteiger partial charge in [-0.3, -0.25) is 19.7 Å². The lowest BCUT2D eigenvalue weighted by atomic mass is 10.0. The number of ether oxygens (including phenoxy) is 3. The van der Waals surface area contributed by atoms with Crippen LogP contribution in [0, 0.1) is 5.82 Å². The average molecular weight is 1060 g/mol. The fourth-order valence-electron chi connectivity index (χ4n) is 8.18. The number of aromatic nitrogens is 2. The Hall–Kier alpha value is -5.50. The number of anilines is 3. The molecule has 2 saturated heterocycles. The first kappa shape index (κ1) is 51.4. The maximum Gasteiger partial charge on any atom is 0.410 e. The number of nitrogens with one attached hydrogen (secondary N) is 4. The molecule has 7 rings (SSSR count). The maximum atomic E-state index is 15.7. The molecule has 69 heavy (non-hydrogen) atoms. The van der Waals surface area contributed by atoms with Crippen molar-refractivity contribution in [2.45, 2.75) is 110 Å². The highest BCUT2D eigenvalue weighted by molar-refractivity contribution is 9.10. The molecule has 21 heteroatoms. The molecule has 17 nitrogen and oxygen atoms in total. The molecule has 0 spiro atoms. The standard InChI is InChI=1S/C48H57BrCl2FN9O8/c1-46(2,3)69-45(66)60-17-15-59(16-18-60)40-33-24-34(51)37(49)38(52)39(33)57-43(58-40)53-14-12-47(4,5)67-19-13-48(6,7)68-31-22-29(50)21-30(23-31)55-44(65)54-25-27-8-9-32-28(20-27)26-61(42(32)64)35-10-11-36(62)56-41(35)63/h8-9,20-24,35H,10-19,25-26H2,1-7H3,(H,53,57,58)(H2,54,55,65)(H,56,62,63). The van der Waals surface area contributed by atoms with Crippen LogP contribution in [0.5, 0.6) is 5.75 Å². The van der Waals surface area contributed by atoms with E-state index in [-0.39, 0.29) is 64.8 Å². The van der Waals surface area contributed by atoms with Gasteiger partial charge in [-0.25, -0.2) is 19.0 Å². The summed E-state index contributed by atoms with van der Waals surface area (Å²) in [6, 6.07) is 10.7. The van der Waals surface area contributed by atoms with Gasteiger partial charge in [0.25, 0.3) is 5.91 Å². The molecular weight excluding hydrogens is 1000 g/mol. The van der Waals surface area contributed by atoms with Crippen LogP contribution in [0.4, 0.5) is 31.4 Å². The Balaban J connectivity index is 0.886. The first-order valence-electron chi connectivity index (χ1n) is 22.7. The van der Waals surface area contributed by atoms with Crippen molar-refractivity contribution >= 4 is 97.3 Å². The summed E-state index contributed by atoms with van der Waals surface area (Å²) in [6.07, 6.45) is 1.11. The largest absolute Gasteiger partial charge is 0.488 e. The lowest BCUT2D eigenvalue weighted by Gasteiger charge is -2.36. The summed E-state index contributed by atoms with van der Waals surface area (Å²) in [7, 11) is 0. The van der Waals surface area contributed by atoms with Crippen LogP contribution in [-0.2, 0) is 32.2 Å². The van der Waals surface area contributed by atoms with Crippen molar-refractivity contribution in [3.8, 4) is 5.75 Å². The second kappa shape index (κ2) is 20.8. The molecule has 0 radical (unpaired) electrons. The third kappa shape index (κ3) is 13.0. The Bertz CT molecular complexity index is 2660. The van der Waals surface area contributed by atoms with Crippen LogP contribution >= 0.6 is 39.1 Å². The van der Waals surface area contributed by atoms with Gasteiger partial charge in [-0.05, 0) is 113 Å². The molecule has 3 aliphatic rings. The predicted molar refractivity (Wildman–Crippen MR) is 264 cm³/mol. The molecule has 3 aromatic carbocycles. The molecule has 4 N–H and O–H groups in total. The average Bonchev–Trinajstić information content (AvgIpc) is 3.58. The first-order valence-corrected chi connectivity index (χ1v) is 24.3. The van der Waals surface area contributed by atoms with Gasteiger partial charge in [-0.1, -0.05) is 35.3 Å². The molecule has 3 aliphatic heterocycles. The van der Waals surface area contributed by atoms with Gasteiger partial charge in [-0.15, -0.1) is 0 Å². The highest BCUT2D eigenvalue weighted by Gasteiger charge is 2.39. The number of piperidine rings is 1. The zero-order valence-electron chi connectivity index (χ0n) is 39.6. The third-order valence-electron chi connectivity index (χ3n) is 11.8. The number of piperazine rings is 1. The fraction of sp³-hybridized carbons (Fsp3) is 0.479. The fourth-order valence-corrected chi connectivity index (χ4v) is 8.90. The number of nitrogens with zero attached hydrogens (tertiary/aromatic N) is 5. The number of hydrogen-bond donors (Lipinski definition) is 4. The van der Waals surface area contributed by atoms with Gasteiger partial charge in [0.2, 0.25) is 17.8 Å². The van der Waals surface area contributed by atoms with E-state index < -0.39 is 40.6 Å². The highest BCUT2D eigenvalue weighted by Crippen LogP contribution is 2.37. The SMILES string of the molecule is CC(C)(C)OC(=O)N1CCN(c2nc(NCCC(C)(C)OCCC(C)(C)Oc3cc(Cl)cc(NC(=O)NCc4ccc5c(c4)CN(C4CCC(=O)NC4=O)C5=O)c3)nc3c(F)c(Br)c(Cl)cc23)CC1.